The van der Waals surface area contributed by atoms with E-state index in [1.54, 1.807) is 28.0 Å². The minimum absolute atomic E-state index is 0.115. The topological polar surface area (TPSA) is 60.9 Å². The van der Waals surface area contributed by atoms with Crippen molar-refractivity contribution in [1.29, 1.82) is 0 Å². The number of imide groups is 1. The molecule has 3 saturated heterocycles. The number of halogens is 1. The van der Waals surface area contributed by atoms with Crippen LogP contribution in [0.3, 0.4) is 0 Å². The van der Waals surface area contributed by atoms with Gasteiger partial charge in [0.2, 0.25) is 5.91 Å². The number of benzene rings is 1. The van der Waals surface area contributed by atoms with Crippen molar-refractivity contribution in [3.63, 3.8) is 0 Å². The van der Waals surface area contributed by atoms with E-state index < -0.39 is 6.04 Å². The van der Waals surface area contributed by atoms with E-state index in [-0.39, 0.29) is 30.3 Å². The van der Waals surface area contributed by atoms with Gasteiger partial charge in [-0.25, -0.2) is 4.79 Å². The van der Waals surface area contributed by atoms with Crippen molar-refractivity contribution in [3.8, 4) is 0 Å². The van der Waals surface area contributed by atoms with Crippen molar-refractivity contribution >= 4 is 35.1 Å². The first-order chi connectivity index (χ1) is 11.1. The molecule has 0 saturated carbocycles. The van der Waals surface area contributed by atoms with Crippen molar-refractivity contribution in [2.24, 2.45) is 0 Å². The van der Waals surface area contributed by atoms with E-state index in [2.05, 4.69) is 0 Å². The number of carbonyl (C=O) groups excluding carboxylic acids is 3. The van der Waals surface area contributed by atoms with Gasteiger partial charge in [0.05, 0.1) is 16.8 Å². The van der Waals surface area contributed by atoms with Crippen molar-refractivity contribution in [2.75, 3.05) is 18.0 Å². The Kier molecular flexibility index (Phi) is 3.30. The molecular weight excluding hydrogens is 318 g/mol. The van der Waals surface area contributed by atoms with Gasteiger partial charge in [-0.3, -0.25) is 14.5 Å². The van der Waals surface area contributed by atoms with E-state index in [0.717, 1.165) is 12.8 Å². The van der Waals surface area contributed by atoms with Crippen LogP contribution >= 0.6 is 11.6 Å². The molecule has 0 spiro atoms. The van der Waals surface area contributed by atoms with E-state index in [1.807, 2.05) is 6.07 Å². The molecule has 1 aromatic rings. The molecule has 1 aromatic carbocycles. The number of nitrogens with zero attached hydrogens (tertiary/aromatic N) is 3. The molecule has 0 aromatic heterocycles. The third-order valence-electron chi connectivity index (χ3n) is 4.84. The molecule has 0 radical (unpaired) electrons. The number of anilines is 1. The van der Waals surface area contributed by atoms with E-state index >= 15 is 0 Å². The van der Waals surface area contributed by atoms with E-state index in [0.29, 0.717) is 23.8 Å². The minimum atomic E-state index is -0.413. The van der Waals surface area contributed by atoms with Crippen LogP contribution in [0.4, 0.5) is 10.5 Å². The van der Waals surface area contributed by atoms with Gasteiger partial charge >= 0.3 is 6.03 Å². The van der Waals surface area contributed by atoms with Gasteiger partial charge in [0.1, 0.15) is 6.04 Å². The average molecular weight is 334 g/mol. The maximum atomic E-state index is 12.5. The second kappa shape index (κ2) is 5.23. The van der Waals surface area contributed by atoms with Gasteiger partial charge in [0.25, 0.3) is 5.91 Å². The molecule has 6 nitrogen and oxygen atoms in total. The third-order valence-corrected chi connectivity index (χ3v) is 5.16. The highest BCUT2D eigenvalue weighted by atomic mass is 35.5. The van der Waals surface area contributed by atoms with Crippen LogP contribution in [-0.4, -0.2) is 52.8 Å². The molecule has 7 heteroatoms. The Labute approximate surface area is 138 Å². The monoisotopic (exact) mass is 333 g/mol. The molecule has 3 heterocycles. The number of amides is 4. The summed E-state index contributed by atoms with van der Waals surface area (Å²) in [6.07, 6.45) is 1.74. The molecule has 23 heavy (non-hydrogen) atoms. The van der Waals surface area contributed by atoms with Gasteiger partial charge in [-0.1, -0.05) is 23.7 Å². The normalized spacial score (nSPS) is 27.3. The quantitative estimate of drug-likeness (QED) is 0.776. The number of hydrogen-bond donors (Lipinski definition) is 0. The van der Waals surface area contributed by atoms with Gasteiger partial charge < -0.3 is 9.80 Å². The molecule has 3 aliphatic heterocycles. The lowest BCUT2D eigenvalue weighted by Gasteiger charge is -2.23. The van der Waals surface area contributed by atoms with Crippen LogP contribution in [-0.2, 0) is 9.59 Å². The third kappa shape index (κ3) is 2.12. The summed E-state index contributed by atoms with van der Waals surface area (Å²) in [5, 5.41) is 0.487. The van der Waals surface area contributed by atoms with E-state index in [9.17, 15) is 14.4 Å². The first-order valence-corrected chi connectivity index (χ1v) is 8.14. The summed E-state index contributed by atoms with van der Waals surface area (Å²) in [5.74, 6) is -0.276. The maximum absolute atomic E-state index is 12.5. The number of carbonyl (C=O) groups is 3. The molecular formula is C16H16ClN3O3. The number of hydrogen-bond acceptors (Lipinski definition) is 3. The Hall–Kier alpha value is -2.08. The number of fused-ring (bicyclic) bond motifs is 1. The van der Waals surface area contributed by atoms with Gasteiger partial charge in [0, 0.05) is 19.5 Å². The van der Waals surface area contributed by atoms with E-state index in [1.165, 1.54) is 4.90 Å². The zero-order chi connectivity index (χ0) is 16.1. The predicted octanol–water partition coefficient (Wildman–Crippen LogP) is 1.87. The minimum Gasteiger partial charge on any atom is -0.312 e. The van der Waals surface area contributed by atoms with Crippen LogP contribution in [0.25, 0.3) is 0 Å². The fourth-order valence-corrected chi connectivity index (χ4v) is 3.98. The van der Waals surface area contributed by atoms with Crippen LogP contribution in [0.1, 0.15) is 19.3 Å². The lowest BCUT2D eigenvalue weighted by atomic mass is 10.2. The second-order valence-electron chi connectivity index (χ2n) is 6.16. The Morgan fingerprint density at radius 1 is 1.13 bits per heavy atom. The van der Waals surface area contributed by atoms with Crippen molar-refractivity contribution in [3.05, 3.63) is 29.3 Å². The van der Waals surface area contributed by atoms with Gasteiger partial charge in [-0.2, -0.15) is 0 Å². The molecule has 4 rings (SSSR count). The molecule has 0 aliphatic carbocycles. The van der Waals surface area contributed by atoms with E-state index in [4.69, 9.17) is 11.6 Å². The van der Waals surface area contributed by atoms with Crippen LogP contribution in [0.5, 0.6) is 0 Å². The maximum Gasteiger partial charge on any atom is 0.327 e. The molecule has 120 valence electrons. The summed E-state index contributed by atoms with van der Waals surface area (Å²) in [6, 6.07) is 6.11. The number of rotatable bonds is 2. The molecule has 0 unspecified atom stereocenters. The van der Waals surface area contributed by atoms with Gasteiger partial charge in [0.15, 0.2) is 0 Å². The summed E-state index contributed by atoms with van der Waals surface area (Å²) in [6.45, 7) is 0.932. The SMILES string of the molecule is O=C1C[C@H](N2C(=O)[C@H]3CCCN3C2=O)CN1c1ccccc1Cl. The van der Waals surface area contributed by atoms with Crippen LogP contribution in [0, 0.1) is 0 Å². The zero-order valence-electron chi connectivity index (χ0n) is 12.4. The standard InChI is InChI=1S/C16H16ClN3O3/c17-11-4-1-2-5-12(11)19-9-10(8-14(19)21)20-15(22)13-6-3-7-18(13)16(20)23/h1-2,4-5,10,13H,3,6-9H2/t10-,13+/m0/s1. The first-order valence-electron chi connectivity index (χ1n) is 7.76. The molecule has 3 fully saturated rings. The first kappa shape index (κ1) is 14.5. The second-order valence-corrected chi connectivity index (χ2v) is 6.56. The Morgan fingerprint density at radius 2 is 1.91 bits per heavy atom. The predicted molar refractivity (Wildman–Crippen MR) is 84.2 cm³/mol. The van der Waals surface area contributed by atoms with Crippen LogP contribution in [0.15, 0.2) is 24.3 Å². The average Bonchev–Trinajstić information content (AvgIpc) is 3.19. The zero-order valence-corrected chi connectivity index (χ0v) is 13.2. The van der Waals surface area contributed by atoms with Crippen LogP contribution in [0.2, 0.25) is 5.02 Å². The number of para-hydroxylation sites is 1. The largest absolute Gasteiger partial charge is 0.327 e. The molecule has 4 amide bonds. The highest BCUT2D eigenvalue weighted by molar-refractivity contribution is 6.33. The molecule has 0 N–H and O–H groups in total. The summed E-state index contributed by atoms with van der Waals surface area (Å²) >= 11 is 6.16. The Balaban J connectivity index is 1.58. The van der Waals surface area contributed by atoms with Crippen molar-refractivity contribution < 1.29 is 14.4 Å². The van der Waals surface area contributed by atoms with Crippen molar-refractivity contribution in [2.45, 2.75) is 31.3 Å². The Bertz CT molecular complexity index is 686. The van der Waals surface area contributed by atoms with Gasteiger partial charge in [-0.15, -0.1) is 0 Å². The highest BCUT2D eigenvalue weighted by Crippen LogP contribution is 2.34. The summed E-state index contributed by atoms with van der Waals surface area (Å²) in [4.78, 5) is 41.8. The highest BCUT2D eigenvalue weighted by Gasteiger charge is 2.52. The molecule has 0 bridgehead atoms. The molecule has 3 aliphatic rings. The lowest BCUT2D eigenvalue weighted by molar-refractivity contribution is -0.129. The van der Waals surface area contributed by atoms with Crippen LogP contribution < -0.4 is 4.90 Å². The van der Waals surface area contributed by atoms with Crippen molar-refractivity contribution in [1.82, 2.24) is 9.80 Å². The summed E-state index contributed by atoms with van der Waals surface area (Å²) in [5.41, 5.74) is 0.626. The van der Waals surface area contributed by atoms with Gasteiger partial charge in [-0.05, 0) is 25.0 Å². The fourth-order valence-electron chi connectivity index (χ4n) is 3.75. The fraction of sp³-hybridized carbons (Fsp3) is 0.438. The number of urea groups is 1. The summed E-state index contributed by atoms with van der Waals surface area (Å²) in [7, 11) is 0. The smallest absolute Gasteiger partial charge is 0.312 e. The summed E-state index contributed by atoms with van der Waals surface area (Å²) < 4.78 is 0. The molecule has 2 atom stereocenters. The lowest BCUT2D eigenvalue weighted by Crippen LogP contribution is -2.43. The Morgan fingerprint density at radius 3 is 2.65 bits per heavy atom.